The van der Waals surface area contributed by atoms with Crippen LogP contribution >= 0.6 is 11.6 Å². The number of carboxylic acid groups (broad SMARTS) is 1. The van der Waals surface area contributed by atoms with Crippen LogP contribution in [0.3, 0.4) is 0 Å². The van der Waals surface area contributed by atoms with Gasteiger partial charge in [-0.05, 0) is 26.0 Å². The summed E-state index contributed by atoms with van der Waals surface area (Å²) in [7, 11) is 1.57. The Labute approximate surface area is 111 Å². The molecule has 4 nitrogen and oxygen atoms in total. The molecule has 0 aliphatic rings. The number of amides is 1. The van der Waals surface area contributed by atoms with Crippen molar-refractivity contribution in [3.05, 3.63) is 34.9 Å². The Morgan fingerprint density at radius 3 is 2.39 bits per heavy atom. The van der Waals surface area contributed by atoms with Gasteiger partial charge in [0.2, 0.25) is 0 Å². The largest absolute Gasteiger partial charge is 0.481 e. The predicted octanol–water partition coefficient (Wildman–Crippen LogP) is 2.52. The molecule has 0 atom stereocenters. The van der Waals surface area contributed by atoms with E-state index in [0.717, 1.165) is 0 Å². The maximum atomic E-state index is 12.1. The van der Waals surface area contributed by atoms with Gasteiger partial charge in [-0.2, -0.15) is 0 Å². The number of carbonyl (C=O) groups is 2. The number of carbonyl (C=O) groups excluding carboxylic acids is 1. The molecular formula is C13H16ClNO3. The molecule has 98 valence electrons. The van der Waals surface area contributed by atoms with Gasteiger partial charge in [0.25, 0.3) is 5.91 Å². The van der Waals surface area contributed by atoms with E-state index in [1.54, 1.807) is 45.2 Å². The van der Waals surface area contributed by atoms with Gasteiger partial charge < -0.3 is 10.0 Å². The zero-order valence-electron chi connectivity index (χ0n) is 10.6. The van der Waals surface area contributed by atoms with Crippen LogP contribution in [0, 0.1) is 5.41 Å². The van der Waals surface area contributed by atoms with Gasteiger partial charge in [-0.15, -0.1) is 0 Å². The molecule has 18 heavy (non-hydrogen) atoms. The molecular weight excluding hydrogens is 254 g/mol. The molecule has 0 saturated carbocycles. The Morgan fingerprint density at radius 2 is 1.89 bits per heavy atom. The first-order valence-corrected chi connectivity index (χ1v) is 5.87. The van der Waals surface area contributed by atoms with E-state index in [-0.39, 0.29) is 12.5 Å². The predicted molar refractivity (Wildman–Crippen MR) is 69.8 cm³/mol. The van der Waals surface area contributed by atoms with E-state index >= 15 is 0 Å². The molecule has 5 heteroatoms. The SMILES string of the molecule is CN(CC(C)(C)C(=O)O)C(=O)c1ccccc1Cl. The average molecular weight is 270 g/mol. The fourth-order valence-electron chi connectivity index (χ4n) is 1.57. The molecule has 0 aromatic heterocycles. The number of benzene rings is 1. The molecule has 0 radical (unpaired) electrons. The van der Waals surface area contributed by atoms with E-state index in [2.05, 4.69) is 0 Å². The van der Waals surface area contributed by atoms with E-state index < -0.39 is 11.4 Å². The van der Waals surface area contributed by atoms with Gasteiger partial charge in [0.15, 0.2) is 0 Å². The summed E-state index contributed by atoms with van der Waals surface area (Å²) >= 11 is 5.93. The van der Waals surface area contributed by atoms with Crippen LogP contribution in [0.5, 0.6) is 0 Å². The maximum Gasteiger partial charge on any atom is 0.310 e. The highest BCUT2D eigenvalue weighted by molar-refractivity contribution is 6.33. The van der Waals surface area contributed by atoms with E-state index in [1.165, 1.54) is 4.90 Å². The normalized spacial score (nSPS) is 11.1. The summed E-state index contributed by atoms with van der Waals surface area (Å²) in [4.78, 5) is 24.5. The van der Waals surface area contributed by atoms with Crippen molar-refractivity contribution in [1.29, 1.82) is 0 Å². The summed E-state index contributed by atoms with van der Waals surface area (Å²) in [6.07, 6.45) is 0. The van der Waals surface area contributed by atoms with Crippen LogP contribution in [0.2, 0.25) is 5.02 Å². The molecule has 0 spiro atoms. The van der Waals surface area contributed by atoms with Gasteiger partial charge >= 0.3 is 5.97 Å². The van der Waals surface area contributed by atoms with Crippen LogP contribution in [-0.2, 0) is 4.79 Å². The third-order valence-electron chi connectivity index (χ3n) is 2.66. The lowest BCUT2D eigenvalue weighted by Gasteiger charge is -2.26. The second-order valence-corrected chi connectivity index (χ2v) is 5.24. The van der Waals surface area contributed by atoms with E-state index in [4.69, 9.17) is 16.7 Å². The molecule has 0 unspecified atom stereocenters. The van der Waals surface area contributed by atoms with Crippen molar-refractivity contribution >= 4 is 23.5 Å². The first kappa shape index (κ1) is 14.5. The minimum absolute atomic E-state index is 0.117. The molecule has 0 fully saturated rings. The van der Waals surface area contributed by atoms with E-state index in [1.807, 2.05) is 0 Å². The van der Waals surface area contributed by atoms with E-state index in [9.17, 15) is 9.59 Å². The Hall–Kier alpha value is -1.55. The minimum Gasteiger partial charge on any atom is -0.481 e. The third kappa shape index (κ3) is 3.23. The number of hydrogen-bond acceptors (Lipinski definition) is 2. The molecule has 1 aromatic rings. The number of rotatable bonds is 4. The van der Waals surface area contributed by atoms with Gasteiger partial charge in [-0.1, -0.05) is 23.7 Å². The standard InChI is InChI=1S/C13H16ClNO3/c1-13(2,12(17)18)8-15(3)11(16)9-6-4-5-7-10(9)14/h4-7H,8H2,1-3H3,(H,17,18). The van der Waals surface area contributed by atoms with Crippen LogP contribution in [-0.4, -0.2) is 35.5 Å². The summed E-state index contributed by atoms with van der Waals surface area (Å²) in [5.41, 5.74) is -0.617. The highest BCUT2D eigenvalue weighted by Gasteiger charge is 2.30. The average Bonchev–Trinajstić information content (AvgIpc) is 2.28. The number of nitrogens with zero attached hydrogens (tertiary/aromatic N) is 1. The highest BCUT2D eigenvalue weighted by atomic mass is 35.5. The Kier molecular flexibility index (Phi) is 4.35. The molecule has 0 heterocycles. The Morgan fingerprint density at radius 1 is 1.33 bits per heavy atom. The van der Waals surface area contributed by atoms with Crippen LogP contribution < -0.4 is 0 Å². The molecule has 0 aliphatic carbocycles. The van der Waals surface area contributed by atoms with Crippen molar-refractivity contribution in [1.82, 2.24) is 4.90 Å². The van der Waals surface area contributed by atoms with Crippen molar-refractivity contribution < 1.29 is 14.7 Å². The lowest BCUT2D eigenvalue weighted by Crippen LogP contribution is -2.40. The topological polar surface area (TPSA) is 57.6 Å². The molecule has 0 saturated heterocycles. The number of carboxylic acids is 1. The van der Waals surface area contributed by atoms with Crippen LogP contribution in [0.15, 0.2) is 24.3 Å². The van der Waals surface area contributed by atoms with Crippen LogP contribution in [0.4, 0.5) is 0 Å². The van der Waals surface area contributed by atoms with Crippen molar-refractivity contribution in [3.8, 4) is 0 Å². The second-order valence-electron chi connectivity index (χ2n) is 4.83. The zero-order chi connectivity index (χ0) is 13.9. The van der Waals surface area contributed by atoms with Crippen molar-refractivity contribution in [2.75, 3.05) is 13.6 Å². The molecule has 0 bridgehead atoms. The Balaban J connectivity index is 2.86. The van der Waals surface area contributed by atoms with Gasteiger partial charge in [0, 0.05) is 13.6 Å². The second kappa shape index (κ2) is 5.40. The number of halogens is 1. The van der Waals surface area contributed by atoms with Crippen LogP contribution in [0.25, 0.3) is 0 Å². The minimum atomic E-state index is -0.994. The summed E-state index contributed by atoms with van der Waals surface area (Å²) < 4.78 is 0. The monoisotopic (exact) mass is 269 g/mol. The van der Waals surface area contributed by atoms with E-state index in [0.29, 0.717) is 10.6 Å². The van der Waals surface area contributed by atoms with Gasteiger partial charge in [0.1, 0.15) is 0 Å². The van der Waals surface area contributed by atoms with Crippen molar-refractivity contribution in [3.63, 3.8) is 0 Å². The lowest BCUT2D eigenvalue weighted by molar-refractivity contribution is -0.147. The first-order chi connectivity index (χ1) is 8.25. The number of aliphatic carboxylic acids is 1. The molecule has 1 rings (SSSR count). The highest BCUT2D eigenvalue weighted by Crippen LogP contribution is 2.20. The summed E-state index contributed by atoms with van der Waals surface area (Å²) in [6.45, 7) is 3.27. The van der Waals surface area contributed by atoms with Gasteiger partial charge in [0.05, 0.1) is 16.0 Å². The molecule has 0 aliphatic heterocycles. The first-order valence-electron chi connectivity index (χ1n) is 5.49. The van der Waals surface area contributed by atoms with Crippen molar-refractivity contribution in [2.24, 2.45) is 5.41 Å². The quantitative estimate of drug-likeness (QED) is 0.914. The third-order valence-corrected chi connectivity index (χ3v) is 2.99. The molecule has 1 aromatic carbocycles. The molecule has 1 amide bonds. The van der Waals surface area contributed by atoms with Gasteiger partial charge in [-0.25, -0.2) is 0 Å². The smallest absolute Gasteiger partial charge is 0.310 e. The summed E-state index contributed by atoms with van der Waals surface area (Å²) in [5, 5.41) is 9.40. The van der Waals surface area contributed by atoms with Crippen LogP contribution in [0.1, 0.15) is 24.2 Å². The lowest BCUT2D eigenvalue weighted by atomic mass is 9.93. The summed E-state index contributed by atoms with van der Waals surface area (Å²) in [5.74, 6) is -1.23. The fraction of sp³-hybridized carbons (Fsp3) is 0.385. The Bertz CT molecular complexity index is 471. The fourth-order valence-corrected chi connectivity index (χ4v) is 1.79. The molecule has 1 N–H and O–H groups in total. The zero-order valence-corrected chi connectivity index (χ0v) is 11.4. The maximum absolute atomic E-state index is 12.1. The summed E-state index contributed by atoms with van der Waals surface area (Å²) in [6, 6.07) is 6.70. The van der Waals surface area contributed by atoms with Gasteiger partial charge in [-0.3, -0.25) is 9.59 Å². The number of hydrogen-bond donors (Lipinski definition) is 1. The van der Waals surface area contributed by atoms with Crippen molar-refractivity contribution in [2.45, 2.75) is 13.8 Å².